The van der Waals surface area contributed by atoms with E-state index < -0.39 is 0 Å². The minimum atomic E-state index is -0.184. The van der Waals surface area contributed by atoms with Gasteiger partial charge in [-0.3, -0.25) is 4.79 Å². The molecule has 0 aliphatic carbocycles. The SMILES string of the molecule is COCC(=O)Nc1ccccc1-c1cc(C)ccc1OC. The lowest BCUT2D eigenvalue weighted by atomic mass is 10.0. The fourth-order valence-corrected chi connectivity index (χ4v) is 2.18. The first-order valence-electron chi connectivity index (χ1n) is 6.68. The van der Waals surface area contributed by atoms with Gasteiger partial charge in [-0.15, -0.1) is 0 Å². The van der Waals surface area contributed by atoms with Crippen LogP contribution in [0, 0.1) is 6.92 Å². The molecular formula is C17H19NO3. The van der Waals surface area contributed by atoms with Crippen molar-refractivity contribution < 1.29 is 14.3 Å². The van der Waals surface area contributed by atoms with E-state index in [1.165, 1.54) is 7.11 Å². The van der Waals surface area contributed by atoms with Crippen molar-refractivity contribution in [1.82, 2.24) is 0 Å². The molecule has 2 aromatic rings. The molecule has 0 fully saturated rings. The van der Waals surface area contributed by atoms with Gasteiger partial charge in [0.15, 0.2) is 0 Å². The third-order valence-electron chi connectivity index (χ3n) is 3.12. The summed E-state index contributed by atoms with van der Waals surface area (Å²) in [4.78, 5) is 11.8. The largest absolute Gasteiger partial charge is 0.496 e. The van der Waals surface area contributed by atoms with Gasteiger partial charge in [-0.25, -0.2) is 0 Å². The summed E-state index contributed by atoms with van der Waals surface area (Å²) in [7, 11) is 3.13. The molecule has 0 radical (unpaired) electrons. The maximum Gasteiger partial charge on any atom is 0.250 e. The number of hydrogen-bond donors (Lipinski definition) is 1. The number of amides is 1. The van der Waals surface area contributed by atoms with Gasteiger partial charge in [0.25, 0.3) is 0 Å². The Labute approximate surface area is 124 Å². The maximum atomic E-state index is 11.8. The Bertz CT molecular complexity index is 638. The monoisotopic (exact) mass is 285 g/mol. The zero-order valence-electron chi connectivity index (χ0n) is 12.5. The van der Waals surface area contributed by atoms with Crippen LogP contribution in [0.3, 0.4) is 0 Å². The molecule has 0 atom stereocenters. The lowest BCUT2D eigenvalue weighted by molar-refractivity contribution is -0.119. The molecule has 21 heavy (non-hydrogen) atoms. The minimum absolute atomic E-state index is 0.0271. The number of aryl methyl sites for hydroxylation is 1. The van der Waals surface area contributed by atoms with Crippen LogP contribution in [-0.4, -0.2) is 26.7 Å². The Morgan fingerprint density at radius 3 is 2.57 bits per heavy atom. The molecule has 0 aliphatic rings. The molecular weight excluding hydrogens is 266 g/mol. The number of ether oxygens (including phenoxy) is 2. The van der Waals surface area contributed by atoms with Gasteiger partial charge in [0.2, 0.25) is 5.91 Å². The molecule has 0 saturated carbocycles. The average Bonchev–Trinajstić information content (AvgIpc) is 2.48. The normalized spacial score (nSPS) is 10.2. The fraction of sp³-hybridized carbons (Fsp3) is 0.235. The van der Waals surface area contributed by atoms with Crippen LogP contribution in [0.5, 0.6) is 5.75 Å². The number of para-hydroxylation sites is 1. The van der Waals surface area contributed by atoms with Crippen molar-refractivity contribution in [2.75, 3.05) is 26.1 Å². The van der Waals surface area contributed by atoms with Crippen LogP contribution in [0.15, 0.2) is 42.5 Å². The predicted octanol–water partition coefficient (Wildman–Crippen LogP) is 3.26. The van der Waals surface area contributed by atoms with Gasteiger partial charge in [-0.2, -0.15) is 0 Å². The van der Waals surface area contributed by atoms with Crippen molar-refractivity contribution in [2.45, 2.75) is 6.92 Å². The lowest BCUT2D eigenvalue weighted by Crippen LogP contribution is -2.17. The van der Waals surface area contributed by atoms with E-state index in [4.69, 9.17) is 9.47 Å². The van der Waals surface area contributed by atoms with Crippen molar-refractivity contribution in [2.24, 2.45) is 0 Å². The summed E-state index contributed by atoms with van der Waals surface area (Å²) >= 11 is 0. The minimum Gasteiger partial charge on any atom is -0.496 e. The summed E-state index contributed by atoms with van der Waals surface area (Å²) in [5.41, 5.74) is 3.74. The van der Waals surface area contributed by atoms with Crippen molar-refractivity contribution in [1.29, 1.82) is 0 Å². The number of hydrogen-bond acceptors (Lipinski definition) is 3. The number of rotatable bonds is 5. The molecule has 4 nitrogen and oxygen atoms in total. The highest BCUT2D eigenvalue weighted by atomic mass is 16.5. The van der Waals surface area contributed by atoms with E-state index >= 15 is 0 Å². The molecule has 0 unspecified atom stereocenters. The Balaban J connectivity index is 2.45. The molecule has 0 spiro atoms. The maximum absolute atomic E-state index is 11.8. The van der Waals surface area contributed by atoms with Crippen LogP contribution >= 0.6 is 0 Å². The van der Waals surface area contributed by atoms with Crippen LogP contribution in [0.1, 0.15) is 5.56 Å². The second kappa shape index (κ2) is 6.90. The predicted molar refractivity (Wildman–Crippen MR) is 83.7 cm³/mol. The number of methoxy groups -OCH3 is 2. The number of carbonyl (C=O) groups is 1. The summed E-state index contributed by atoms with van der Waals surface area (Å²) in [5.74, 6) is 0.589. The molecule has 2 rings (SSSR count). The van der Waals surface area contributed by atoms with Gasteiger partial charge in [-0.05, 0) is 25.1 Å². The summed E-state index contributed by atoms with van der Waals surface area (Å²) in [5, 5.41) is 2.86. The third-order valence-corrected chi connectivity index (χ3v) is 3.12. The van der Waals surface area contributed by atoms with E-state index in [0.717, 1.165) is 28.1 Å². The third kappa shape index (κ3) is 3.61. The molecule has 0 aliphatic heterocycles. The molecule has 0 bridgehead atoms. The van der Waals surface area contributed by atoms with E-state index in [2.05, 4.69) is 5.32 Å². The van der Waals surface area contributed by atoms with Crippen LogP contribution in [0.2, 0.25) is 0 Å². The highest BCUT2D eigenvalue weighted by Gasteiger charge is 2.12. The van der Waals surface area contributed by atoms with Crippen LogP contribution < -0.4 is 10.1 Å². The van der Waals surface area contributed by atoms with Crippen LogP contribution in [0.25, 0.3) is 11.1 Å². The van der Waals surface area contributed by atoms with E-state index in [-0.39, 0.29) is 12.5 Å². The summed E-state index contributed by atoms with van der Waals surface area (Å²) in [6, 6.07) is 13.6. The molecule has 4 heteroatoms. The second-order valence-electron chi connectivity index (χ2n) is 4.73. The van der Waals surface area contributed by atoms with Gasteiger partial charge in [0.1, 0.15) is 12.4 Å². The molecule has 0 saturated heterocycles. The molecule has 110 valence electrons. The Hall–Kier alpha value is -2.33. The molecule has 2 aromatic carbocycles. The zero-order valence-corrected chi connectivity index (χ0v) is 12.5. The first kappa shape index (κ1) is 15.1. The average molecular weight is 285 g/mol. The van der Waals surface area contributed by atoms with Gasteiger partial charge in [0, 0.05) is 23.9 Å². The summed E-state index contributed by atoms with van der Waals surface area (Å²) < 4.78 is 10.3. The first-order chi connectivity index (χ1) is 10.2. The van der Waals surface area contributed by atoms with E-state index in [9.17, 15) is 4.79 Å². The van der Waals surface area contributed by atoms with Crippen molar-refractivity contribution >= 4 is 11.6 Å². The Morgan fingerprint density at radius 2 is 1.86 bits per heavy atom. The molecule has 0 heterocycles. The first-order valence-corrected chi connectivity index (χ1v) is 6.68. The van der Waals surface area contributed by atoms with Crippen LogP contribution in [0.4, 0.5) is 5.69 Å². The zero-order chi connectivity index (χ0) is 15.2. The Morgan fingerprint density at radius 1 is 1.10 bits per heavy atom. The number of nitrogens with one attached hydrogen (secondary N) is 1. The number of benzene rings is 2. The van der Waals surface area contributed by atoms with Gasteiger partial charge >= 0.3 is 0 Å². The van der Waals surface area contributed by atoms with E-state index in [1.807, 2.05) is 49.4 Å². The number of anilines is 1. The van der Waals surface area contributed by atoms with E-state index in [1.54, 1.807) is 7.11 Å². The van der Waals surface area contributed by atoms with Crippen molar-refractivity contribution in [3.05, 3.63) is 48.0 Å². The summed E-state index contributed by atoms with van der Waals surface area (Å²) in [6.45, 7) is 2.05. The fourth-order valence-electron chi connectivity index (χ4n) is 2.18. The standard InChI is InChI=1S/C17H19NO3/c1-12-8-9-16(21-3)14(10-12)13-6-4-5-7-15(13)18-17(19)11-20-2/h4-10H,11H2,1-3H3,(H,18,19). The smallest absolute Gasteiger partial charge is 0.250 e. The molecule has 1 N–H and O–H groups in total. The highest BCUT2D eigenvalue weighted by Crippen LogP contribution is 2.35. The van der Waals surface area contributed by atoms with Gasteiger partial charge in [-0.1, -0.05) is 29.8 Å². The number of carbonyl (C=O) groups excluding carboxylic acids is 1. The topological polar surface area (TPSA) is 47.6 Å². The van der Waals surface area contributed by atoms with Gasteiger partial charge < -0.3 is 14.8 Å². The van der Waals surface area contributed by atoms with Crippen LogP contribution in [-0.2, 0) is 9.53 Å². The highest BCUT2D eigenvalue weighted by molar-refractivity contribution is 5.96. The lowest BCUT2D eigenvalue weighted by Gasteiger charge is -2.14. The molecule has 1 amide bonds. The second-order valence-corrected chi connectivity index (χ2v) is 4.73. The molecule has 0 aromatic heterocycles. The van der Waals surface area contributed by atoms with E-state index in [0.29, 0.717) is 0 Å². The Kier molecular flexibility index (Phi) is 4.95. The quantitative estimate of drug-likeness (QED) is 0.917. The summed E-state index contributed by atoms with van der Waals surface area (Å²) in [6.07, 6.45) is 0. The van der Waals surface area contributed by atoms with Crippen molar-refractivity contribution in [3.63, 3.8) is 0 Å². The van der Waals surface area contributed by atoms with Crippen molar-refractivity contribution in [3.8, 4) is 16.9 Å². The van der Waals surface area contributed by atoms with Gasteiger partial charge in [0.05, 0.1) is 7.11 Å².